The van der Waals surface area contributed by atoms with E-state index >= 15 is 0 Å². The van der Waals surface area contributed by atoms with Crippen molar-refractivity contribution in [2.75, 3.05) is 0 Å². The summed E-state index contributed by atoms with van der Waals surface area (Å²) in [7, 11) is 0. The van der Waals surface area contributed by atoms with Gasteiger partial charge in [-0.05, 0) is 19.8 Å². The molecular weight excluding hydrogens is 172 g/mol. The van der Waals surface area contributed by atoms with Crippen molar-refractivity contribution in [1.82, 2.24) is 0 Å². The van der Waals surface area contributed by atoms with E-state index in [4.69, 9.17) is 11.6 Å². The van der Waals surface area contributed by atoms with Crippen molar-refractivity contribution in [3.63, 3.8) is 0 Å². The Labute approximate surface area is 81.1 Å². The predicted molar refractivity (Wildman–Crippen MR) is 54.5 cm³/mol. The molecule has 0 fully saturated rings. The lowest BCUT2D eigenvalue weighted by molar-refractivity contribution is 0.135. The lowest BCUT2D eigenvalue weighted by Gasteiger charge is -2.13. The van der Waals surface area contributed by atoms with Crippen LogP contribution >= 0.6 is 11.6 Å². The smallest absolute Gasteiger partial charge is 0.135 e. The maximum absolute atomic E-state index is 9.19. The second-order valence-corrected chi connectivity index (χ2v) is 4.47. The standard InChI is InChI=1S/C10H21ClO/c1-3-4-5-6-7-8-9-10(2,11)12/h12H,3-9H2,1-2H3. The van der Waals surface area contributed by atoms with Crippen LogP contribution in [-0.2, 0) is 0 Å². The van der Waals surface area contributed by atoms with Gasteiger partial charge in [-0.3, -0.25) is 0 Å². The summed E-state index contributed by atoms with van der Waals surface area (Å²) in [5.74, 6) is 0. The molecule has 74 valence electrons. The number of halogens is 1. The highest BCUT2D eigenvalue weighted by Crippen LogP contribution is 2.19. The zero-order chi connectivity index (χ0) is 9.45. The Morgan fingerprint density at radius 1 is 1.08 bits per heavy atom. The summed E-state index contributed by atoms with van der Waals surface area (Å²) in [6, 6.07) is 0. The fraction of sp³-hybridized carbons (Fsp3) is 1.00. The van der Waals surface area contributed by atoms with Crippen LogP contribution in [0.3, 0.4) is 0 Å². The third kappa shape index (κ3) is 10.2. The molecule has 0 bridgehead atoms. The summed E-state index contributed by atoms with van der Waals surface area (Å²) in [6.45, 7) is 3.87. The van der Waals surface area contributed by atoms with E-state index in [2.05, 4.69) is 6.92 Å². The molecule has 0 aromatic rings. The van der Waals surface area contributed by atoms with Gasteiger partial charge in [0.25, 0.3) is 0 Å². The number of rotatable bonds is 7. The molecule has 0 heterocycles. The van der Waals surface area contributed by atoms with Crippen molar-refractivity contribution in [3.05, 3.63) is 0 Å². The highest BCUT2D eigenvalue weighted by atomic mass is 35.5. The minimum absolute atomic E-state index is 0.709. The van der Waals surface area contributed by atoms with Crippen LogP contribution in [-0.4, -0.2) is 10.2 Å². The molecule has 1 nitrogen and oxygen atoms in total. The van der Waals surface area contributed by atoms with Gasteiger partial charge in [-0.2, -0.15) is 0 Å². The van der Waals surface area contributed by atoms with Gasteiger partial charge in [-0.25, -0.2) is 0 Å². The third-order valence-corrected chi connectivity index (χ3v) is 2.18. The van der Waals surface area contributed by atoms with Crippen LogP contribution in [0.4, 0.5) is 0 Å². The molecule has 0 saturated carbocycles. The molecule has 0 aliphatic rings. The van der Waals surface area contributed by atoms with Crippen molar-refractivity contribution in [3.8, 4) is 0 Å². The summed E-state index contributed by atoms with van der Waals surface area (Å²) < 4.78 is 0. The predicted octanol–water partition coefficient (Wildman–Crippen LogP) is 3.68. The monoisotopic (exact) mass is 192 g/mol. The molecule has 0 aliphatic carbocycles. The first-order chi connectivity index (χ1) is 5.56. The quantitative estimate of drug-likeness (QED) is 0.482. The summed E-state index contributed by atoms with van der Waals surface area (Å²) in [6.07, 6.45) is 8.16. The zero-order valence-corrected chi connectivity index (χ0v) is 9.03. The van der Waals surface area contributed by atoms with E-state index in [0.717, 1.165) is 6.42 Å². The van der Waals surface area contributed by atoms with Gasteiger partial charge >= 0.3 is 0 Å². The molecule has 0 amide bonds. The van der Waals surface area contributed by atoms with Gasteiger partial charge in [0.05, 0.1) is 0 Å². The molecule has 0 aliphatic heterocycles. The number of unbranched alkanes of at least 4 members (excludes halogenated alkanes) is 5. The van der Waals surface area contributed by atoms with Crippen LogP contribution in [0.5, 0.6) is 0 Å². The largest absolute Gasteiger partial charge is 0.375 e. The van der Waals surface area contributed by atoms with Gasteiger partial charge in [0.15, 0.2) is 0 Å². The minimum atomic E-state index is -0.981. The topological polar surface area (TPSA) is 20.2 Å². The number of hydrogen-bond donors (Lipinski definition) is 1. The first-order valence-electron chi connectivity index (χ1n) is 4.97. The molecule has 0 saturated heterocycles. The number of alkyl halides is 1. The van der Waals surface area contributed by atoms with Crippen molar-refractivity contribution in [2.45, 2.75) is 63.9 Å². The molecular formula is C10H21ClO. The van der Waals surface area contributed by atoms with Crippen LogP contribution in [0.25, 0.3) is 0 Å². The Morgan fingerprint density at radius 3 is 2.08 bits per heavy atom. The molecule has 0 rings (SSSR count). The number of aliphatic hydroxyl groups is 1. The van der Waals surface area contributed by atoms with Gasteiger partial charge in [0.1, 0.15) is 5.06 Å². The molecule has 12 heavy (non-hydrogen) atoms. The SMILES string of the molecule is CCCCCCCCC(C)(O)Cl. The van der Waals surface area contributed by atoms with Crippen LogP contribution in [0.2, 0.25) is 0 Å². The first kappa shape index (κ1) is 12.2. The second kappa shape index (κ2) is 6.73. The summed E-state index contributed by atoms with van der Waals surface area (Å²) in [4.78, 5) is 0. The maximum Gasteiger partial charge on any atom is 0.135 e. The van der Waals surface area contributed by atoms with Gasteiger partial charge in [-0.15, -0.1) is 0 Å². The zero-order valence-electron chi connectivity index (χ0n) is 8.27. The highest BCUT2D eigenvalue weighted by Gasteiger charge is 2.13. The molecule has 1 atom stereocenters. The Kier molecular flexibility index (Phi) is 6.87. The van der Waals surface area contributed by atoms with Gasteiger partial charge in [0, 0.05) is 0 Å². The van der Waals surface area contributed by atoms with Gasteiger partial charge < -0.3 is 5.11 Å². The lowest BCUT2D eigenvalue weighted by atomic mass is 10.1. The molecule has 2 heteroatoms. The summed E-state index contributed by atoms with van der Waals surface area (Å²) >= 11 is 5.63. The highest BCUT2D eigenvalue weighted by molar-refractivity contribution is 6.22. The second-order valence-electron chi connectivity index (χ2n) is 3.66. The Balaban J connectivity index is 3.01. The Morgan fingerprint density at radius 2 is 1.58 bits per heavy atom. The fourth-order valence-electron chi connectivity index (χ4n) is 1.23. The molecule has 1 unspecified atom stereocenters. The van der Waals surface area contributed by atoms with E-state index < -0.39 is 5.06 Å². The summed E-state index contributed by atoms with van der Waals surface area (Å²) in [5, 5.41) is 8.20. The van der Waals surface area contributed by atoms with Crippen LogP contribution in [0, 0.1) is 0 Å². The third-order valence-electron chi connectivity index (χ3n) is 1.99. The molecule has 1 N–H and O–H groups in total. The normalized spacial score (nSPS) is 16.0. The van der Waals surface area contributed by atoms with E-state index in [1.54, 1.807) is 6.92 Å². The van der Waals surface area contributed by atoms with Crippen LogP contribution in [0.15, 0.2) is 0 Å². The Hall–Kier alpha value is 0.250. The van der Waals surface area contributed by atoms with Gasteiger partial charge in [-0.1, -0.05) is 50.6 Å². The number of hydrogen-bond acceptors (Lipinski definition) is 1. The maximum atomic E-state index is 9.19. The van der Waals surface area contributed by atoms with Crippen molar-refractivity contribution >= 4 is 11.6 Å². The van der Waals surface area contributed by atoms with Gasteiger partial charge in [0.2, 0.25) is 0 Å². The van der Waals surface area contributed by atoms with E-state index in [9.17, 15) is 5.11 Å². The van der Waals surface area contributed by atoms with E-state index in [0.29, 0.717) is 6.42 Å². The molecule has 0 aromatic heterocycles. The average molecular weight is 193 g/mol. The van der Waals surface area contributed by atoms with Crippen LogP contribution < -0.4 is 0 Å². The van der Waals surface area contributed by atoms with Crippen molar-refractivity contribution in [2.24, 2.45) is 0 Å². The fourth-order valence-corrected chi connectivity index (χ4v) is 1.36. The van der Waals surface area contributed by atoms with Crippen molar-refractivity contribution < 1.29 is 5.11 Å². The Bertz CT molecular complexity index is 96.5. The van der Waals surface area contributed by atoms with E-state index in [1.807, 2.05) is 0 Å². The van der Waals surface area contributed by atoms with Crippen molar-refractivity contribution in [1.29, 1.82) is 0 Å². The summed E-state index contributed by atoms with van der Waals surface area (Å²) in [5.41, 5.74) is 0. The molecule has 0 radical (unpaired) electrons. The molecule has 0 spiro atoms. The average Bonchev–Trinajstić information content (AvgIpc) is 1.94. The van der Waals surface area contributed by atoms with E-state index in [1.165, 1.54) is 32.1 Å². The molecule has 0 aromatic carbocycles. The first-order valence-corrected chi connectivity index (χ1v) is 5.35. The lowest BCUT2D eigenvalue weighted by Crippen LogP contribution is -2.13. The van der Waals surface area contributed by atoms with E-state index in [-0.39, 0.29) is 0 Å². The minimum Gasteiger partial charge on any atom is -0.375 e. The van der Waals surface area contributed by atoms with Crippen LogP contribution in [0.1, 0.15) is 58.8 Å².